The molecule has 9 nitrogen and oxygen atoms in total. The van der Waals surface area contributed by atoms with Crippen LogP contribution in [0.15, 0.2) is 0 Å². The average Bonchev–Trinajstić information content (AvgIpc) is 3.42. The van der Waals surface area contributed by atoms with Gasteiger partial charge in [0.2, 0.25) is 0 Å². The molecule has 0 aromatic carbocycles. The van der Waals surface area contributed by atoms with Crippen LogP contribution in [0.2, 0.25) is 0 Å². The molecule has 4 rings (SSSR count). The molecular formula is C18H22F4O9S2. The third kappa shape index (κ3) is 4.02. The molecule has 15 heteroatoms. The molecule has 6 unspecified atom stereocenters. The van der Waals surface area contributed by atoms with E-state index < -0.39 is 82.5 Å². The fraction of sp³-hybridized carbons (Fsp3) is 0.889. The Labute approximate surface area is 190 Å². The second kappa shape index (κ2) is 8.21. The summed E-state index contributed by atoms with van der Waals surface area (Å²) in [5.74, 6) is -7.66. The molecule has 0 amide bonds. The van der Waals surface area contributed by atoms with Crippen molar-refractivity contribution in [1.29, 1.82) is 0 Å². The normalized spacial score (nSPS) is 35.2. The smallest absolute Gasteiger partial charge is 0.431 e. The first-order valence-electron chi connectivity index (χ1n) is 10.3. The maximum Gasteiger partial charge on any atom is 0.431 e. The zero-order valence-corrected chi connectivity index (χ0v) is 18.6. The van der Waals surface area contributed by atoms with Crippen molar-refractivity contribution >= 4 is 33.8 Å². The van der Waals surface area contributed by atoms with Crippen LogP contribution >= 0.6 is 11.8 Å². The van der Waals surface area contributed by atoms with Crippen molar-refractivity contribution in [3.63, 3.8) is 0 Å². The molecule has 6 atom stereocenters. The van der Waals surface area contributed by atoms with Gasteiger partial charge in [0.25, 0.3) is 0 Å². The van der Waals surface area contributed by atoms with Crippen LogP contribution < -0.4 is 0 Å². The van der Waals surface area contributed by atoms with Crippen LogP contribution in [-0.4, -0.2) is 82.7 Å². The van der Waals surface area contributed by atoms with Gasteiger partial charge >= 0.3 is 33.2 Å². The van der Waals surface area contributed by atoms with Crippen molar-refractivity contribution in [3.05, 3.63) is 0 Å². The molecule has 1 aliphatic carbocycles. The van der Waals surface area contributed by atoms with Gasteiger partial charge in [0.1, 0.15) is 18.8 Å². The summed E-state index contributed by atoms with van der Waals surface area (Å²) in [6.07, 6.45) is -0.523. The summed E-state index contributed by atoms with van der Waals surface area (Å²) in [7, 11) is -6.38. The van der Waals surface area contributed by atoms with Crippen LogP contribution in [0.5, 0.6) is 0 Å². The highest BCUT2D eigenvalue weighted by atomic mass is 32.2. The van der Waals surface area contributed by atoms with Crippen molar-refractivity contribution in [3.8, 4) is 0 Å². The molecule has 0 aromatic rings. The number of fused-ring (bicyclic) bond motifs is 1. The second-order valence-electron chi connectivity index (χ2n) is 8.77. The Bertz CT molecular complexity index is 922. The van der Waals surface area contributed by atoms with E-state index >= 15 is 0 Å². The number of halogens is 4. The summed E-state index contributed by atoms with van der Waals surface area (Å²) in [5.41, 5.74) is -1.04. The van der Waals surface area contributed by atoms with Gasteiger partial charge in [0, 0.05) is 11.2 Å². The van der Waals surface area contributed by atoms with E-state index in [2.05, 4.69) is 4.74 Å². The van der Waals surface area contributed by atoms with Crippen LogP contribution in [0.3, 0.4) is 0 Å². The number of thioether (sulfide) groups is 1. The fourth-order valence-corrected chi connectivity index (χ4v) is 7.95. The Morgan fingerprint density at radius 1 is 1.21 bits per heavy atom. The molecule has 2 bridgehead atoms. The molecule has 0 radical (unpaired) electrons. The molecule has 4 aliphatic rings. The summed E-state index contributed by atoms with van der Waals surface area (Å²) in [4.78, 5) is 24.3. The summed E-state index contributed by atoms with van der Waals surface area (Å²) in [6, 6.07) is 0. The molecule has 0 aromatic heterocycles. The van der Waals surface area contributed by atoms with E-state index in [9.17, 15) is 40.7 Å². The van der Waals surface area contributed by atoms with Gasteiger partial charge in [0.15, 0.2) is 0 Å². The number of carbonyl (C=O) groups is 2. The van der Waals surface area contributed by atoms with Gasteiger partial charge < -0.3 is 19.3 Å². The molecule has 4 fully saturated rings. The topological polar surface area (TPSA) is 136 Å². The highest BCUT2D eigenvalue weighted by Crippen LogP contribution is 2.63. The zero-order valence-electron chi connectivity index (χ0n) is 17.0. The SMILES string of the molecule is O=C(COC1C2OC(=O)C3C2SC1C3C1(O)CCCC1)OCCC(F)(F)C(F)(F)S(=O)(=O)O. The third-order valence-electron chi connectivity index (χ3n) is 6.82. The Kier molecular flexibility index (Phi) is 6.21. The second-order valence-corrected chi connectivity index (χ2v) is 11.6. The van der Waals surface area contributed by atoms with E-state index in [-0.39, 0.29) is 10.5 Å². The Hall–Kier alpha value is -1.16. The molecular weight excluding hydrogens is 500 g/mol. The van der Waals surface area contributed by atoms with Gasteiger partial charge in [-0.15, -0.1) is 11.8 Å². The maximum absolute atomic E-state index is 13.5. The van der Waals surface area contributed by atoms with Crippen molar-refractivity contribution in [2.24, 2.45) is 11.8 Å². The Morgan fingerprint density at radius 2 is 1.85 bits per heavy atom. The summed E-state index contributed by atoms with van der Waals surface area (Å²) < 4.78 is 97.9. The molecule has 3 saturated heterocycles. The predicted octanol–water partition coefficient (Wildman–Crippen LogP) is 1.38. The monoisotopic (exact) mass is 522 g/mol. The molecule has 188 valence electrons. The lowest BCUT2D eigenvalue weighted by molar-refractivity contribution is -0.177. The quantitative estimate of drug-likeness (QED) is 0.260. The minimum absolute atomic E-state index is 0.237. The number of hydrogen-bond donors (Lipinski definition) is 2. The Balaban J connectivity index is 1.32. The van der Waals surface area contributed by atoms with Gasteiger partial charge in [-0.05, 0) is 12.8 Å². The molecule has 0 spiro atoms. The van der Waals surface area contributed by atoms with Crippen molar-refractivity contribution in [1.82, 2.24) is 0 Å². The highest BCUT2D eigenvalue weighted by Gasteiger charge is 2.72. The van der Waals surface area contributed by atoms with Crippen LogP contribution in [-0.2, 0) is 33.9 Å². The minimum Gasteiger partial charge on any atom is -0.464 e. The third-order valence-corrected chi connectivity index (χ3v) is 9.52. The molecule has 1 saturated carbocycles. The lowest BCUT2D eigenvalue weighted by Crippen LogP contribution is -2.53. The summed E-state index contributed by atoms with van der Waals surface area (Å²) in [5, 5.41) is 4.79. The minimum atomic E-state index is -6.38. The van der Waals surface area contributed by atoms with Crippen molar-refractivity contribution in [2.75, 3.05) is 13.2 Å². The molecule has 2 N–H and O–H groups in total. The number of rotatable bonds is 9. The summed E-state index contributed by atoms with van der Waals surface area (Å²) >= 11 is 1.45. The lowest BCUT2D eigenvalue weighted by Gasteiger charge is -2.39. The van der Waals surface area contributed by atoms with E-state index in [1.165, 1.54) is 11.8 Å². The van der Waals surface area contributed by atoms with E-state index in [0.29, 0.717) is 12.8 Å². The van der Waals surface area contributed by atoms with E-state index in [1.54, 1.807) is 0 Å². The van der Waals surface area contributed by atoms with Crippen LogP contribution in [0, 0.1) is 11.8 Å². The van der Waals surface area contributed by atoms with Crippen LogP contribution in [0.25, 0.3) is 0 Å². The standard InChI is InChI=1S/C18H22F4O9S2/c19-17(20,18(21,22)33(26,27)28)5-6-29-8(23)7-30-11-12-13-9(15(24)31-12)10(14(11)32-13)16(25)3-1-2-4-16/h9-14,25H,1-7H2,(H,26,27,28). The number of ether oxygens (including phenoxy) is 3. The first-order valence-corrected chi connectivity index (χ1v) is 12.7. The van der Waals surface area contributed by atoms with Crippen molar-refractivity contribution < 1.29 is 59.4 Å². The largest absolute Gasteiger partial charge is 0.464 e. The maximum atomic E-state index is 13.5. The van der Waals surface area contributed by atoms with Crippen LogP contribution in [0.4, 0.5) is 17.6 Å². The number of hydrogen-bond acceptors (Lipinski definition) is 9. The zero-order chi connectivity index (χ0) is 24.4. The number of alkyl halides is 4. The summed E-state index contributed by atoms with van der Waals surface area (Å²) in [6.45, 7) is -2.01. The number of aliphatic hydroxyl groups is 1. The number of carbonyl (C=O) groups excluding carboxylic acids is 2. The highest BCUT2D eigenvalue weighted by molar-refractivity contribution is 8.01. The van der Waals surface area contributed by atoms with Gasteiger partial charge in [-0.25, -0.2) is 4.79 Å². The van der Waals surface area contributed by atoms with Gasteiger partial charge in [-0.3, -0.25) is 9.35 Å². The first kappa shape index (κ1) is 24.9. The van der Waals surface area contributed by atoms with E-state index in [1.807, 2.05) is 0 Å². The van der Waals surface area contributed by atoms with Crippen LogP contribution in [0.1, 0.15) is 32.1 Å². The average molecular weight is 522 g/mol. The van der Waals surface area contributed by atoms with E-state index in [4.69, 9.17) is 14.0 Å². The Morgan fingerprint density at radius 3 is 2.45 bits per heavy atom. The molecule has 3 aliphatic heterocycles. The van der Waals surface area contributed by atoms with Gasteiger partial charge in [-0.1, -0.05) is 12.8 Å². The van der Waals surface area contributed by atoms with E-state index in [0.717, 1.165) is 12.8 Å². The number of esters is 2. The van der Waals surface area contributed by atoms with Gasteiger partial charge in [0.05, 0.1) is 29.8 Å². The first-order chi connectivity index (χ1) is 15.2. The molecule has 33 heavy (non-hydrogen) atoms. The predicted molar refractivity (Wildman–Crippen MR) is 102 cm³/mol. The van der Waals surface area contributed by atoms with Gasteiger partial charge in [-0.2, -0.15) is 26.0 Å². The lowest BCUT2D eigenvalue weighted by atomic mass is 9.69. The fourth-order valence-electron chi connectivity index (χ4n) is 5.31. The molecule has 3 heterocycles. The van der Waals surface area contributed by atoms with Crippen molar-refractivity contribution in [2.45, 2.75) is 71.6 Å².